The molecule has 294 valence electrons. The Bertz CT molecular complexity index is 793. The van der Waals surface area contributed by atoms with E-state index in [2.05, 4.69) is 97.7 Å². The fraction of sp³-hybridized carbons (Fsp3) is 0.950. The van der Waals surface area contributed by atoms with Gasteiger partial charge < -0.3 is 8.85 Å². The van der Waals surface area contributed by atoms with E-state index in [1.165, 1.54) is 123 Å². The number of aliphatic imine (C=N–C) groups is 2. The van der Waals surface area contributed by atoms with Crippen LogP contribution >= 0.6 is 28.5 Å². The van der Waals surface area contributed by atoms with Crippen molar-refractivity contribution in [1.82, 2.24) is 0 Å². The molecule has 0 radical (unpaired) electrons. The average molecular weight is 896 g/mol. The first-order valence-corrected chi connectivity index (χ1v) is 30.9. The third kappa shape index (κ3) is 15.8. The van der Waals surface area contributed by atoms with Gasteiger partial charge in [-0.3, -0.25) is 9.98 Å². The summed E-state index contributed by atoms with van der Waals surface area (Å²) in [6, 6.07) is 8.25. The van der Waals surface area contributed by atoms with Gasteiger partial charge in [0.05, 0.1) is 23.5 Å². The van der Waals surface area contributed by atoms with E-state index in [1.54, 1.807) is 0 Å². The van der Waals surface area contributed by atoms with Gasteiger partial charge in [0, 0.05) is 13.2 Å². The van der Waals surface area contributed by atoms with Gasteiger partial charge in [-0.25, -0.2) is 0 Å². The number of hydrogen-bond donors (Lipinski definition) is 0. The molecule has 0 amide bonds. The van der Waals surface area contributed by atoms with Crippen LogP contribution in [0.1, 0.15) is 159 Å². The topological polar surface area (TPSA) is 43.2 Å². The van der Waals surface area contributed by atoms with E-state index in [0.717, 1.165) is 38.9 Å². The van der Waals surface area contributed by atoms with Crippen LogP contribution in [-0.4, -0.2) is 53.4 Å². The Labute approximate surface area is 328 Å². The molecular weight excluding hydrogens is 815 g/mol. The summed E-state index contributed by atoms with van der Waals surface area (Å²) in [4.78, 5) is 11.8. The van der Waals surface area contributed by atoms with Gasteiger partial charge in [0.2, 0.25) is 0 Å². The standard InChI is InChI=1S/C40H80N2O2Si2.2BrH.Ni/c1-11-33-25-21-26-34(12-2)39(33)41-37(29-23-31-43-45(15-5,16-6)17-7)38(30-24-32-44-46(18-8,19-9)20-10)42-40-35(13-3)27-22-28-36(40)14-4;;;/h33-36,39-40H,11-32H2,1-10H3;2*1H;/q;;;+2/p-2. The molecule has 0 heterocycles. The Morgan fingerprint density at radius 1 is 0.531 bits per heavy atom. The van der Waals surface area contributed by atoms with E-state index >= 15 is 0 Å². The van der Waals surface area contributed by atoms with Gasteiger partial charge in [0.25, 0.3) is 0 Å². The maximum absolute atomic E-state index is 6.80. The van der Waals surface area contributed by atoms with Crippen molar-refractivity contribution in [2.75, 3.05) is 13.2 Å². The molecule has 2 saturated carbocycles. The van der Waals surface area contributed by atoms with Gasteiger partial charge in [-0.05, 0) is 111 Å². The Morgan fingerprint density at radius 3 is 1.02 bits per heavy atom. The third-order valence-corrected chi connectivity index (χ3v) is 22.4. The summed E-state index contributed by atoms with van der Waals surface area (Å²) in [7, 11) is -1.94. The normalized spacial score (nSPS) is 25.7. The molecule has 4 atom stereocenters. The van der Waals surface area contributed by atoms with Gasteiger partial charge in [0.1, 0.15) is 0 Å². The molecule has 2 rings (SSSR count). The zero-order chi connectivity index (χ0) is 36.7. The average Bonchev–Trinajstić information content (AvgIpc) is 3.14. The van der Waals surface area contributed by atoms with Crippen molar-refractivity contribution in [3.05, 3.63) is 0 Å². The van der Waals surface area contributed by atoms with Crippen LogP contribution in [0.25, 0.3) is 0 Å². The summed E-state index contributed by atoms with van der Waals surface area (Å²) in [5, 5.41) is 0. The molecule has 2 aliphatic carbocycles. The van der Waals surface area contributed by atoms with Crippen molar-refractivity contribution in [2.45, 2.75) is 207 Å². The van der Waals surface area contributed by atoms with Gasteiger partial charge >= 0.3 is 39.3 Å². The summed E-state index contributed by atoms with van der Waals surface area (Å²) in [6.45, 7) is 25.5. The van der Waals surface area contributed by atoms with Crippen molar-refractivity contribution >= 4 is 56.5 Å². The number of halogens is 2. The molecule has 0 saturated heterocycles. The monoisotopic (exact) mass is 892 g/mol. The first-order chi connectivity index (χ1) is 23.7. The van der Waals surface area contributed by atoms with Crippen LogP contribution in [0.5, 0.6) is 0 Å². The van der Waals surface area contributed by atoms with Crippen LogP contribution in [0.3, 0.4) is 0 Å². The Morgan fingerprint density at radius 2 is 0.796 bits per heavy atom. The number of hydrogen-bond acceptors (Lipinski definition) is 4. The molecule has 0 aromatic heterocycles. The molecule has 0 bridgehead atoms. The van der Waals surface area contributed by atoms with E-state index in [0.29, 0.717) is 35.8 Å². The van der Waals surface area contributed by atoms with Gasteiger partial charge in [0.15, 0.2) is 16.6 Å². The summed E-state index contributed by atoms with van der Waals surface area (Å²) >= 11 is 6.00. The third-order valence-electron chi connectivity index (χ3n) is 13.1. The van der Waals surface area contributed by atoms with Crippen molar-refractivity contribution in [2.24, 2.45) is 33.7 Å². The molecule has 0 spiro atoms. The molecule has 0 aliphatic heterocycles. The van der Waals surface area contributed by atoms with E-state index in [1.807, 2.05) is 0 Å². The molecular formula is C40H80Br2N2NiO2Si2. The molecule has 2 fully saturated rings. The van der Waals surface area contributed by atoms with Crippen molar-refractivity contribution in [3.8, 4) is 0 Å². The predicted molar refractivity (Wildman–Crippen MR) is 228 cm³/mol. The van der Waals surface area contributed by atoms with Crippen LogP contribution in [0.15, 0.2) is 9.98 Å². The molecule has 49 heavy (non-hydrogen) atoms. The minimum absolute atomic E-state index is 0.451. The minimum atomic E-state index is -1.59. The van der Waals surface area contributed by atoms with E-state index in [-0.39, 0.29) is 0 Å². The SMILES string of the molecule is CCC1CCCC(CC)C1N=C(CCCO[Si](CC)(CC)CC)C(CCCO[Si](CC)(CC)CC)=NC1C(CC)CCCC1CC.[Br][Ni][Br]. The summed E-state index contributed by atoms with van der Waals surface area (Å²) < 4.78 is 13.6. The van der Waals surface area contributed by atoms with Crippen LogP contribution in [0.4, 0.5) is 0 Å². The molecule has 0 N–H and O–H groups in total. The summed E-state index contributed by atoms with van der Waals surface area (Å²) in [6.07, 6.45) is 17.3. The van der Waals surface area contributed by atoms with Crippen molar-refractivity contribution < 1.29 is 19.7 Å². The molecule has 0 aromatic rings. The van der Waals surface area contributed by atoms with Crippen molar-refractivity contribution in [3.63, 3.8) is 0 Å². The number of rotatable bonds is 23. The molecule has 0 aromatic carbocycles. The molecule has 4 unspecified atom stereocenters. The summed E-state index contributed by atoms with van der Waals surface area (Å²) in [5.74, 6) is 2.84. The van der Waals surface area contributed by atoms with Crippen LogP contribution < -0.4 is 0 Å². The fourth-order valence-corrected chi connectivity index (χ4v) is 14.4. The van der Waals surface area contributed by atoms with Crippen molar-refractivity contribution in [1.29, 1.82) is 0 Å². The van der Waals surface area contributed by atoms with Gasteiger partial charge in [-0.2, -0.15) is 0 Å². The first-order valence-electron chi connectivity index (χ1n) is 20.9. The predicted octanol–water partition coefficient (Wildman–Crippen LogP) is 14.4. The van der Waals surface area contributed by atoms with E-state index < -0.39 is 16.6 Å². The second kappa shape index (κ2) is 27.7. The second-order valence-electron chi connectivity index (χ2n) is 15.1. The van der Waals surface area contributed by atoms with Gasteiger partial charge in [-0.15, -0.1) is 0 Å². The van der Waals surface area contributed by atoms with Gasteiger partial charge in [-0.1, -0.05) is 108 Å². The Balaban J connectivity index is 0.00000385. The molecule has 9 heteroatoms. The first kappa shape index (κ1) is 48.2. The molecule has 2 aliphatic rings. The Kier molecular flexibility index (Phi) is 27.2. The second-order valence-corrected chi connectivity index (χ2v) is 29.6. The van der Waals surface area contributed by atoms with E-state index in [4.69, 9.17) is 18.8 Å². The maximum atomic E-state index is 6.80. The summed E-state index contributed by atoms with van der Waals surface area (Å²) in [5.41, 5.74) is 2.70. The zero-order valence-electron chi connectivity index (χ0n) is 33.8. The van der Waals surface area contributed by atoms with E-state index in [9.17, 15) is 0 Å². The Hall–Kier alpha value is 1.15. The van der Waals surface area contributed by atoms with Crippen LogP contribution in [0, 0.1) is 23.7 Å². The fourth-order valence-electron chi connectivity index (χ4n) is 9.04. The van der Waals surface area contributed by atoms with Crippen LogP contribution in [-0.2, 0) is 19.7 Å². The van der Waals surface area contributed by atoms with Crippen LogP contribution in [0.2, 0.25) is 36.3 Å². The quantitative estimate of drug-likeness (QED) is 0.0583. The zero-order valence-corrected chi connectivity index (χ0v) is 40.0. The number of nitrogens with zero attached hydrogens (tertiary/aromatic N) is 2. The molecule has 4 nitrogen and oxygen atoms in total.